The first-order chi connectivity index (χ1) is 11.1. The Kier molecular flexibility index (Phi) is 6.89. The number of aliphatic imine (C=N–C) groups is 1. The Morgan fingerprint density at radius 2 is 2.17 bits per heavy atom. The minimum Gasteiger partial charge on any atom is -0.386 e. The zero-order chi connectivity index (χ0) is 16.7. The van der Waals surface area contributed by atoms with Gasteiger partial charge in [0.25, 0.3) is 0 Å². The number of nitrogens with one attached hydrogen (secondary N) is 1. The van der Waals surface area contributed by atoms with Crippen molar-refractivity contribution >= 4 is 28.9 Å². The number of hydrogen-bond donors (Lipinski definition) is 2. The molecular formula is C17H22ClN3OS. The van der Waals surface area contributed by atoms with E-state index in [0.29, 0.717) is 10.6 Å². The smallest absolute Gasteiger partial charge is 0.194 e. The third kappa shape index (κ3) is 5.23. The quantitative estimate of drug-likeness (QED) is 0.618. The summed E-state index contributed by atoms with van der Waals surface area (Å²) in [6.07, 6.45) is -0.716. The van der Waals surface area contributed by atoms with Crippen LogP contribution < -0.4 is 5.32 Å². The zero-order valence-corrected chi connectivity index (χ0v) is 14.9. The van der Waals surface area contributed by atoms with Gasteiger partial charge < -0.3 is 15.3 Å². The highest BCUT2D eigenvalue weighted by Crippen LogP contribution is 2.22. The summed E-state index contributed by atoms with van der Waals surface area (Å²) in [6, 6.07) is 9.41. The molecule has 1 heterocycles. The van der Waals surface area contributed by atoms with Gasteiger partial charge in [-0.2, -0.15) is 11.3 Å². The summed E-state index contributed by atoms with van der Waals surface area (Å²) in [5.74, 6) is 0.768. The monoisotopic (exact) mass is 351 g/mol. The van der Waals surface area contributed by atoms with Gasteiger partial charge in [0.1, 0.15) is 6.10 Å². The van der Waals surface area contributed by atoms with Gasteiger partial charge in [-0.15, -0.1) is 0 Å². The molecule has 0 spiro atoms. The van der Waals surface area contributed by atoms with Gasteiger partial charge in [-0.25, -0.2) is 0 Å². The van der Waals surface area contributed by atoms with E-state index in [4.69, 9.17) is 11.6 Å². The molecule has 1 aromatic heterocycles. The molecule has 0 radical (unpaired) electrons. The number of hydrogen-bond acceptors (Lipinski definition) is 3. The summed E-state index contributed by atoms with van der Waals surface area (Å²) in [6.45, 7) is 3.84. The lowest BCUT2D eigenvalue weighted by Crippen LogP contribution is -2.38. The SMILES string of the molecule is CCNC(=NCC(O)c1ccccc1Cl)N(C)Cc1ccsc1. The molecule has 0 saturated heterocycles. The van der Waals surface area contributed by atoms with Crippen LogP contribution in [-0.4, -0.2) is 36.1 Å². The summed E-state index contributed by atoms with van der Waals surface area (Å²) in [4.78, 5) is 6.58. The van der Waals surface area contributed by atoms with Crippen LogP contribution in [0.1, 0.15) is 24.2 Å². The van der Waals surface area contributed by atoms with Crippen molar-refractivity contribution in [3.63, 3.8) is 0 Å². The molecule has 1 atom stereocenters. The van der Waals surface area contributed by atoms with Crippen LogP contribution in [-0.2, 0) is 6.54 Å². The van der Waals surface area contributed by atoms with Crippen molar-refractivity contribution < 1.29 is 5.11 Å². The maximum absolute atomic E-state index is 10.3. The number of nitrogens with zero attached hydrogens (tertiary/aromatic N) is 2. The lowest BCUT2D eigenvalue weighted by atomic mass is 10.1. The minimum absolute atomic E-state index is 0.264. The van der Waals surface area contributed by atoms with Crippen molar-refractivity contribution in [1.29, 1.82) is 0 Å². The van der Waals surface area contributed by atoms with Gasteiger partial charge >= 0.3 is 0 Å². The van der Waals surface area contributed by atoms with E-state index < -0.39 is 6.10 Å². The van der Waals surface area contributed by atoms with Crippen LogP contribution in [0.25, 0.3) is 0 Å². The predicted molar refractivity (Wildman–Crippen MR) is 98.2 cm³/mol. The largest absolute Gasteiger partial charge is 0.386 e. The summed E-state index contributed by atoms with van der Waals surface area (Å²) >= 11 is 7.80. The van der Waals surface area contributed by atoms with E-state index in [1.807, 2.05) is 37.1 Å². The van der Waals surface area contributed by atoms with Crippen LogP contribution in [0, 0.1) is 0 Å². The van der Waals surface area contributed by atoms with E-state index >= 15 is 0 Å². The number of aliphatic hydroxyl groups excluding tert-OH is 1. The summed E-state index contributed by atoms with van der Waals surface area (Å²) in [5.41, 5.74) is 1.95. The first kappa shape index (κ1) is 17.8. The molecule has 0 aliphatic rings. The maximum Gasteiger partial charge on any atom is 0.194 e. The first-order valence-electron chi connectivity index (χ1n) is 7.54. The molecule has 0 fully saturated rings. The Hall–Kier alpha value is -1.56. The lowest BCUT2D eigenvalue weighted by molar-refractivity contribution is 0.186. The Balaban J connectivity index is 2.04. The molecule has 4 nitrogen and oxygen atoms in total. The van der Waals surface area contributed by atoms with Crippen molar-refractivity contribution in [2.24, 2.45) is 4.99 Å². The number of aliphatic hydroxyl groups is 1. The molecule has 1 unspecified atom stereocenters. The molecule has 2 aromatic rings. The Labute approximate surface area is 146 Å². The van der Waals surface area contributed by atoms with Gasteiger partial charge in [0.15, 0.2) is 5.96 Å². The number of rotatable bonds is 6. The van der Waals surface area contributed by atoms with E-state index in [1.54, 1.807) is 17.4 Å². The highest BCUT2D eigenvalue weighted by molar-refractivity contribution is 7.07. The molecule has 2 rings (SSSR count). The lowest BCUT2D eigenvalue weighted by Gasteiger charge is -2.22. The normalized spacial score (nSPS) is 13.0. The molecule has 1 aromatic carbocycles. The molecule has 0 aliphatic heterocycles. The van der Waals surface area contributed by atoms with Crippen LogP contribution in [0.15, 0.2) is 46.1 Å². The molecule has 2 N–H and O–H groups in total. The average Bonchev–Trinajstić information content (AvgIpc) is 3.04. The summed E-state index contributed by atoms with van der Waals surface area (Å²) in [7, 11) is 1.99. The molecule has 0 aliphatic carbocycles. The second kappa shape index (κ2) is 8.91. The molecule has 0 saturated carbocycles. The Bertz CT molecular complexity index is 631. The van der Waals surface area contributed by atoms with Crippen LogP contribution in [0.3, 0.4) is 0 Å². The molecule has 23 heavy (non-hydrogen) atoms. The maximum atomic E-state index is 10.3. The van der Waals surface area contributed by atoms with E-state index in [0.717, 1.165) is 19.0 Å². The van der Waals surface area contributed by atoms with Crippen molar-refractivity contribution in [3.05, 3.63) is 57.2 Å². The second-order valence-corrected chi connectivity index (χ2v) is 6.41. The van der Waals surface area contributed by atoms with Gasteiger partial charge in [-0.05, 0) is 35.4 Å². The topological polar surface area (TPSA) is 47.9 Å². The fourth-order valence-electron chi connectivity index (χ4n) is 2.22. The highest BCUT2D eigenvalue weighted by atomic mass is 35.5. The van der Waals surface area contributed by atoms with Gasteiger partial charge in [0.05, 0.1) is 6.54 Å². The Morgan fingerprint density at radius 1 is 1.39 bits per heavy atom. The third-order valence-corrected chi connectivity index (χ3v) is 4.45. The number of guanidine groups is 1. The van der Waals surface area contributed by atoms with Gasteiger partial charge in [-0.3, -0.25) is 4.99 Å². The van der Waals surface area contributed by atoms with Crippen molar-refractivity contribution in [2.45, 2.75) is 19.6 Å². The number of thiophene rings is 1. The first-order valence-corrected chi connectivity index (χ1v) is 8.87. The predicted octanol–water partition coefficient (Wildman–Crippen LogP) is 3.53. The molecule has 0 bridgehead atoms. The number of halogens is 1. The fourth-order valence-corrected chi connectivity index (χ4v) is 3.14. The van der Waals surface area contributed by atoms with E-state index in [1.165, 1.54) is 5.56 Å². The molecule has 0 amide bonds. The van der Waals surface area contributed by atoms with E-state index in [9.17, 15) is 5.11 Å². The van der Waals surface area contributed by atoms with Crippen LogP contribution in [0.2, 0.25) is 5.02 Å². The number of benzene rings is 1. The third-order valence-electron chi connectivity index (χ3n) is 3.37. The van der Waals surface area contributed by atoms with Crippen LogP contribution >= 0.6 is 22.9 Å². The van der Waals surface area contributed by atoms with Crippen LogP contribution in [0.4, 0.5) is 0 Å². The van der Waals surface area contributed by atoms with Gasteiger partial charge in [0, 0.05) is 30.7 Å². The second-order valence-electron chi connectivity index (χ2n) is 5.22. The molecule has 6 heteroatoms. The van der Waals surface area contributed by atoms with E-state index in [2.05, 4.69) is 27.1 Å². The van der Waals surface area contributed by atoms with Gasteiger partial charge in [-0.1, -0.05) is 29.8 Å². The molecule has 124 valence electrons. The summed E-state index contributed by atoms with van der Waals surface area (Å²) < 4.78 is 0. The minimum atomic E-state index is -0.716. The molecular weight excluding hydrogens is 330 g/mol. The summed E-state index contributed by atoms with van der Waals surface area (Å²) in [5, 5.41) is 18.3. The van der Waals surface area contributed by atoms with Crippen LogP contribution in [0.5, 0.6) is 0 Å². The van der Waals surface area contributed by atoms with Crippen molar-refractivity contribution in [2.75, 3.05) is 20.1 Å². The Morgan fingerprint density at radius 3 is 2.83 bits per heavy atom. The van der Waals surface area contributed by atoms with Gasteiger partial charge in [0.2, 0.25) is 0 Å². The average molecular weight is 352 g/mol. The fraction of sp³-hybridized carbons (Fsp3) is 0.353. The highest BCUT2D eigenvalue weighted by Gasteiger charge is 2.12. The van der Waals surface area contributed by atoms with Crippen molar-refractivity contribution in [3.8, 4) is 0 Å². The standard InChI is InChI=1S/C17H22ClN3OS/c1-3-19-17(21(2)11-13-8-9-23-12-13)20-10-16(22)14-6-4-5-7-15(14)18/h4-9,12,16,22H,3,10-11H2,1-2H3,(H,19,20). The zero-order valence-electron chi connectivity index (χ0n) is 13.4. The van der Waals surface area contributed by atoms with Crippen molar-refractivity contribution in [1.82, 2.24) is 10.2 Å². The van der Waals surface area contributed by atoms with E-state index in [-0.39, 0.29) is 6.54 Å².